The molecule has 0 spiro atoms. The summed E-state index contributed by atoms with van der Waals surface area (Å²) in [6.07, 6.45) is 0.288. The Bertz CT molecular complexity index is 392. The first kappa shape index (κ1) is 13.5. The highest BCUT2D eigenvalue weighted by Gasteiger charge is 2.13. The van der Waals surface area contributed by atoms with E-state index in [0.29, 0.717) is 6.61 Å². The minimum Gasteiger partial charge on any atom is -0.496 e. The third kappa shape index (κ3) is 3.72. The van der Waals surface area contributed by atoms with Crippen molar-refractivity contribution in [3.8, 4) is 5.75 Å². The number of rotatable bonds is 6. The predicted molar refractivity (Wildman–Crippen MR) is 63.0 cm³/mol. The van der Waals surface area contributed by atoms with E-state index in [-0.39, 0.29) is 6.42 Å². The fraction of sp³-hybridized carbons (Fsp3) is 0.417. The van der Waals surface area contributed by atoms with Gasteiger partial charge in [0.25, 0.3) is 0 Å². The molecule has 0 aromatic heterocycles. The summed E-state index contributed by atoms with van der Waals surface area (Å²) in [5.74, 6) is -0.284. The van der Waals surface area contributed by atoms with Crippen LogP contribution in [-0.2, 0) is 22.6 Å². The second-order valence-electron chi connectivity index (χ2n) is 3.73. The molecule has 0 aliphatic heterocycles. The van der Waals surface area contributed by atoms with Crippen molar-refractivity contribution in [2.45, 2.75) is 19.1 Å². The van der Waals surface area contributed by atoms with Crippen molar-refractivity contribution in [3.05, 3.63) is 29.3 Å². The molecule has 0 aliphatic rings. The molecule has 3 N–H and O–H groups in total. The largest absolute Gasteiger partial charge is 0.496 e. The maximum absolute atomic E-state index is 10.7. The summed E-state index contributed by atoms with van der Waals surface area (Å²) < 4.78 is 10.2. The first-order valence-corrected chi connectivity index (χ1v) is 5.21. The first-order chi connectivity index (χ1) is 8.08. The van der Waals surface area contributed by atoms with E-state index in [9.17, 15) is 4.79 Å². The van der Waals surface area contributed by atoms with Crippen LogP contribution in [0.15, 0.2) is 18.2 Å². The molecular weight excluding hydrogens is 222 g/mol. The molecule has 0 bridgehead atoms. The molecule has 1 aromatic rings. The van der Waals surface area contributed by atoms with E-state index in [0.717, 1.165) is 16.9 Å². The minimum absolute atomic E-state index is 0.288. The fourth-order valence-corrected chi connectivity index (χ4v) is 1.57. The molecule has 0 saturated carbocycles. The Labute approximate surface area is 100 Å². The number of carboxylic acids is 1. The highest BCUT2D eigenvalue weighted by Crippen LogP contribution is 2.21. The smallest absolute Gasteiger partial charge is 0.320 e. The second-order valence-corrected chi connectivity index (χ2v) is 3.73. The molecule has 5 nitrogen and oxygen atoms in total. The minimum atomic E-state index is -1.01. The van der Waals surface area contributed by atoms with Gasteiger partial charge >= 0.3 is 5.97 Å². The van der Waals surface area contributed by atoms with Gasteiger partial charge in [-0.2, -0.15) is 0 Å². The van der Waals surface area contributed by atoms with Gasteiger partial charge in [-0.15, -0.1) is 0 Å². The number of carbonyl (C=O) groups is 1. The van der Waals surface area contributed by atoms with Crippen molar-refractivity contribution in [3.63, 3.8) is 0 Å². The summed E-state index contributed by atoms with van der Waals surface area (Å²) in [6.45, 7) is 0.416. The molecule has 1 aromatic carbocycles. The molecule has 17 heavy (non-hydrogen) atoms. The summed E-state index contributed by atoms with van der Waals surface area (Å²) in [7, 11) is 3.17. The van der Waals surface area contributed by atoms with Crippen LogP contribution in [0.1, 0.15) is 11.1 Å². The van der Waals surface area contributed by atoms with Crippen LogP contribution in [0.4, 0.5) is 0 Å². The molecule has 1 unspecified atom stereocenters. The highest BCUT2D eigenvalue weighted by molar-refractivity contribution is 5.73. The summed E-state index contributed by atoms with van der Waals surface area (Å²) in [4.78, 5) is 10.7. The van der Waals surface area contributed by atoms with Gasteiger partial charge in [-0.25, -0.2) is 0 Å². The molecule has 1 rings (SSSR count). The van der Waals surface area contributed by atoms with Gasteiger partial charge in [-0.3, -0.25) is 4.79 Å². The van der Waals surface area contributed by atoms with Crippen LogP contribution in [0.2, 0.25) is 0 Å². The van der Waals surface area contributed by atoms with Gasteiger partial charge < -0.3 is 20.3 Å². The maximum atomic E-state index is 10.7. The van der Waals surface area contributed by atoms with Gasteiger partial charge in [0.1, 0.15) is 11.8 Å². The Hall–Kier alpha value is -1.59. The van der Waals surface area contributed by atoms with Gasteiger partial charge in [0, 0.05) is 12.7 Å². The van der Waals surface area contributed by atoms with Crippen LogP contribution in [0.5, 0.6) is 5.75 Å². The van der Waals surface area contributed by atoms with Crippen LogP contribution >= 0.6 is 0 Å². The van der Waals surface area contributed by atoms with Crippen LogP contribution < -0.4 is 10.5 Å². The molecule has 0 fully saturated rings. The summed E-state index contributed by atoms with van der Waals surface area (Å²) in [6, 6.07) is 4.56. The molecule has 0 saturated heterocycles. The monoisotopic (exact) mass is 239 g/mol. The summed E-state index contributed by atoms with van der Waals surface area (Å²) in [5, 5.41) is 8.74. The third-order valence-electron chi connectivity index (χ3n) is 2.42. The van der Waals surface area contributed by atoms with E-state index in [4.69, 9.17) is 20.3 Å². The van der Waals surface area contributed by atoms with Crippen LogP contribution in [0, 0.1) is 0 Å². The van der Waals surface area contributed by atoms with Gasteiger partial charge in [0.05, 0.1) is 13.7 Å². The Morgan fingerprint density at radius 2 is 2.18 bits per heavy atom. The lowest BCUT2D eigenvalue weighted by molar-refractivity contribution is -0.138. The van der Waals surface area contributed by atoms with Crippen molar-refractivity contribution in [1.82, 2.24) is 0 Å². The Balaban J connectivity index is 2.87. The SMILES string of the molecule is COCc1cc(CC(N)C(=O)O)ccc1OC. The highest BCUT2D eigenvalue weighted by atomic mass is 16.5. The lowest BCUT2D eigenvalue weighted by atomic mass is 10.0. The van der Waals surface area contributed by atoms with Crippen molar-refractivity contribution < 1.29 is 19.4 Å². The zero-order valence-corrected chi connectivity index (χ0v) is 9.97. The van der Waals surface area contributed by atoms with Crippen LogP contribution in [0.3, 0.4) is 0 Å². The third-order valence-corrected chi connectivity index (χ3v) is 2.42. The van der Waals surface area contributed by atoms with Gasteiger partial charge in [-0.1, -0.05) is 6.07 Å². The number of carboxylic acid groups (broad SMARTS) is 1. The number of aliphatic carboxylic acids is 1. The van der Waals surface area contributed by atoms with Crippen molar-refractivity contribution in [2.24, 2.45) is 5.73 Å². The molecule has 0 aliphatic carbocycles. The normalized spacial score (nSPS) is 12.2. The first-order valence-electron chi connectivity index (χ1n) is 5.21. The zero-order chi connectivity index (χ0) is 12.8. The Kier molecular flexibility index (Phi) is 4.93. The molecule has 94 valence electrons. The summed E-state index contributed by atoms with van der Waals surface area (Å²) in [5.41, 5.74) is 7.22. The van der Waals surface area contributed by atoms with E-state index < -0.39 is 12.0 Å². The average molecular weight is 239 g/mol. The molecule has 1 atom stereocenters. The van der Waals surface area contributed by atoms with Crippen molar-refractivity contribution >= 4 is 5.97 Å². The van der Waals surface area contributed by atoms with Crippen LogP contribution in [-0.4, -0.2) is 31.3 Å². The van der Waals surface area contributed by atoms with E-state index in [1.54, 1.807) is 26.4 Å². The Morgan fingerprint density at radius 1 is 1.47 bits per heavy atom. The zero-order valence-electron chi connectivity index (χ0n) is 9.97. The average Bonchev–Trinajstić information content (AvgIpc) is 2.29. The van der Waals surface area contributed by atoms with E-state index >= 15 is 0 Å². The molecule has 0 heterocycles. The van der Waals surface area contributed by atoms with E-state index in [1.165, 1.54) is 0 Å². The number of methoxy groups -OCH3 is 2. The standard InChI is InChI=1S/C12H17NO4/c1-16-7-9-5-8(3-4-11(9)17-2)6-10(13)12(14)15/h3-5,10H,6-7,13H2,1-2H3,(H,14,15). The topological polar surface area (TPSA) is 81.8 Å². The van der Waals surface area contributed by atoms with Gasteiger partial charge in [0.15, 0.2) is 0 Å². The molecule has 5 heteroatoms. The van der Waals surface area contributed by atoms with Gasteiger partial charge in [0.2, 0.25) is 0 Å². The number of hydrogen-bond donors (Lipinski definition) is 2. The quantitative estimate of drug-likeness (QED) is 0.767. The number of hydrogen-bond acceptors (Lipinski definition) is 4. The van der Waals surface area contributed by atoms with Crippen LogP contribution in [0.25, 0.3) is 0 Å². The number of ether oxygens (including phenoxy) is 2. The molecule has 0 amide bonds. The van der Waals surface area contributed by atoms with Gasteiger partial charge in [-0.05, 0) is 24.1 Å². The predicted octanol–water partition coefficient (Wildman–Crippen LogP) is 0.796. The lowest BCUT2D eigenvalue weighted by Crippen LogP contribution is -2.32. The lowest BCUT2D eigenvalue weighted by Gasteiger charge is -2.11. The van der Waals surface area contributed by atoms with Crippen molar-refractivity contribution in [1.29, 1.82) is 0 Å². The Morgan fingerprint density at radius 3 is 2.71 bits per heavy atom. The maximum Gasteiger partial charge on any atom is 0.320 e. The number of nitrogens with two attached hydrogens (primary N) is 1. The second kappa shape index (κ2) is 6.22. The number of benzene rings is 1. The molecular formula is C12H17NO4. The van der Waals surface area contributed by atoms with E-state index in [2.05, 4.69) is 0 Å². The fourth-order valence-electron chi connectivity index (χ4n) is 1.57. The van der Waals surface area contributed by atoms with Crippen molar-refractivity contribution in [2.75, 3.05) is 14.2 Å². The summed E-state index contributed by atoms with van der Waals surface area (Å²) >= 11 is 0. The molecule has 0 radical (unpaired) electrons. The van der Waals surface area contributed by atoms with E-state index in [1.807, 2.05) is 6.07 Å².